The Morgan fingerprint density at radius 2 is 1.89 bits per heavy atom. The summed E-state index contributed by atoms with van der Waals surface area (Å²) < 4.78 is 23.5. The maximum Gasteiger partial charge on any atom is 0.317 e. The van der Waals surface area contributed by atoms with Crippen LogP contribution in [0.4, 0.5) is 10.6 Å². The van der Waals surface area contributed by atoms with Crippen LogP contribution in [0.15, 0.2) is 35.4 Å². The van der Waals surface area contributed by atoms with E-state index in [0.29, 0.717) is 31.1 Å². The quantitative estimate of drug-likeness (QED) is 0.506. The lowest BCUT2D eigenvalue weighted by Crippen LogP contribution is -2.55. The third-order valence-electron chi connectivity index (χ3n) is 6.27. The number of hydrogen-bond acceptors (Lipinski definition) is 8. The van der Waals surface area contributed by atoms with Crippen molar-refractivity contribution in [1.29, 1.82) is 0 Å². The van der Waals surface area contributed by atoms with E-state index in [9.17, 15) is 18.0 Å². The predicted octanol–water partition coefficient (Wildman–Crippen LogP) is 0.153. The number of primary amides is 1. The van der Waals surface area contributed by atoms with Crippen molar-refractivity contribution in [2.24, 2.45) is 5.73 Å². The van der Waals surface area contributed by atoms with Crippen LogP contribution in [0, 0.1) is 0 Å². The molecule has 2 saturated heterocycles. The zero-order valence-electron chi connectivity index (χ0n) is 19.7. The maximum atomic E-state index is 12.6. The van der Waals surface area contributed by atoms with Crippen LogP contribution in [0.5, 0.6) is 0 Å². The van der Waals surface area contributed by atoms with Gasteiger partial charge in [0.1, 0.15) is 11.5 Å². The molecule has 0 bridgehead atoms. The summed E-state index contributed by atoms with van der Waals surface area (Å²) in [5.74, 6) is -0.0644. The second kappa shape index (κ2) is 10.6. The van der Waals surface area contributed by atoms with Crippen molar-refractivity contribution in [3.05, 3.63) is 47.4 Å². The fourth-order valence-electron chi connectivity index (χ4n) is 4.38. The molecule has 1 atom stereocenters. The summed E-state index contributed by atoms with van der Waals surface area (Å²) >= 11 is 0. The lowest BCUT2D eigenvalue weighted by Gasteiger charge is -2.36. The van der Waals surface area contributed by atoms with Crippen LogP contribution in [0.2, 0.25) is 0 Å². The first-order valence-electron chi connectivity index (χ1n) is 11.7. The SMILES string of the molecule is CS(=O)(=O)c1ccc(Cc2nc(N3CCCC(NC(=O)N4CCNCC4)C3)cnc2C(N)=O)cc1. The summed E-state index contributed by atoms with van der Waals surface area (Å²) in [4.78, 5) is 37.7. The van der Waals surface area contributed by atoms with E-state index in [1.165, 1.54) is 18.3 Å². The van der Waals surface area contributed by atoms with Crippen LogP contribution < -0.4 is 21.3 Å². The Morgan fingerprint density at radius 3 is 2.54 bits per heavy atom. The third-order valence-corrected chi connectivity index (χ3v) is 7.39. The van der Waals surface area contributed by atoms with Gasteiger partial charge in [0.25, 0.3) is 5.91 Å². The Balaban J connectivity index is 1.49. The van der Waals surface area contributed by atoms with E-state index >= 15 is 0 Å². The first-order valence-corrected chi connectivity index (χ1v) is 13.6. The van der Waals surface area contributed by atoms with Gasteiger partial charge in [-0.25, -0.2) is 23.2 Å². The van der Waals surface area contributed by atoms with Gasteiger partial charge in [-0.1, -0.05) is 12.1 Å². The van der Waals surface area contributed by atoms with Crippen LogP contribution in [-0.2, 0) is 16.3 Å². The molecule has 1 aromatic carbocycles. The van der Waals surface area contributed by atoms with Crippen LogP contribution in [0.3, 0.4) is 0 Å². The topological polar surface area (TPSA) is 151 Å². The van der Waals surface area contributed by atoms with Crippen molar-refractivity contribution in [3.63, 3.8) is 0 Å². The number of anilines is 1. The Hall–Kier alpha value is -3.25. The lowest BCUT2D eigenvalue weighted by atomic mass is 10.1. The van der Waals surface area contributed by atoms with Gasteiger partial charge in [0.15, 0.2) is 9.84 Å². The molecular weight excluding hydrogens is 470 g/mol. The number of hydrogen-bond donors (Lipinski definition) is 3. The Bertz CT molecular complexity index is 1180. The van der Waals surface area contributed by atoms with Crippen LogP contribution >= 0.6 is 0 Å². The van der Waals surface area contributed by atoms with Gasteiger partial charge in [0.2, 0.25) is 0 Å². The van der Waals surface area contributed by atoms with E-state index in [2.05, 4.69) is 20.5 Å². The normalized spacial score (nSPS) is 18.8. The second-order valence-electron chi connectivity index (χ2n) is 8.95. The van der Waals surface area contributed by atoms with Crippen molar-refractivity contribution < 1.29 is 18.0 Å². The van der Waals surface area contributed by atoms with Crippen LogP contribution in [0.1, 0.15) is 34.6 Å². The number of amides is 3. The number of nitrogens with one attached hydrogen (secondary N) is 2. The Labute approximate surface area is 205 Å². The number of nitrogens with two attached hydrogens (primary N) is 1. The lowest BCUT2D eigenvalue weighted by molar-refractivity contribution is 0.0994. The van der Waals surface area contributed by atoms with Gasteiger partial charge in [-0.3, -0.25) is 4.79 Å². The first-order chi connectivity index (χ1) is 16.7. The van der Waals surface area contributed by atoms with Crippen LogP contribution in [0.25, 0.3) is 0 Å². The summed E-state index contributed by atoms with van der Waals surface area (Å²) in [6.45, 7) is 4.32. The molecule has 3 heterocycles. The average molecular weight is 502 g/mol. The van der Waals surface area contributed by atoms with Crippen molar-refractivity contribution in [2.75, 3.05) is 50.4 Å². The molecule has 4 rings (SSSR count). The molecule has 4 N–H and O–H groups in total. The van der Waals surface area contributed by atoms with Gasteiger partial charge in [-0.05, 0) is 30.5 Å². The number of aromatic nitrogens is 2. The first kappa shape index (κ1) is 24.9. The molecule has 2 aromatic rings. The number of rotatable bonds is 6. The molecule has 2 fully saturated rings. The molecule has 1 aromatic heterocycles. The Morgan fingerprint density at radius 1 is 1.17 bits per heavy atom. The largest absolute Gasteiger partial charge is 0.364 e. The fraction of sp³-hybridized carbons (Fsp3) is 0.478. The minimum Gasteiger partial charge on any atom is -0.364 e. The number of sulfone groups is 1. The predicted molar refractivity (Wildman–Crippen MR) is 131 cm³/mol. The summed E-state index contributed by atoms with van der Waals surface area (Å²) in [5.41, 5.74) is 6.83. The molecule has 3 amide bonds. The molecule has 11 nitrogen and oxygen atoms in total. The van der Waals surface area contributed by atoms with E-state index in [-0.39, 0.29) is 29.1 Å². The molecule has 0 radical (unpaired) electrons. The molecular formula is C23H31N7O4S. The molecule has 2 aliphatic rings. The molecule has 0 saturated carbocycles. The zero-order chi connectivity index (χ0) is 25.0. The number of urea groups is 1. The third kappa shape index (κ3) is 6.25. The summed E-state index contributed by atoms with van der Waals surface area (Å²) in [7, 11) is -3.30. The molecule has 188 valence electrons. The number of nitrogens with zero attached hydrogens (tertiary/aromatic N) is 4. The highest BCUT2D eigenvalue weighted by Crippen LogP contribution is 2.21. The molecule has 0 spiro atoms. The number of benzene rings is 1. The fourth-order valence-corrected chi connectivity index (χ4v) is 5.01. The minimum atomic E-state index is -3.30. The van der Waals surface area contributed by atoms with Gasteiger partial charge in [0, 0.05) is 58.0 Å². The highest BCUT2D eigenvalue weighted by atomic mass is 32.2. The highest BCUT2D eigenvalue weighted by Gasteiger charge is 2.26. The number of piperazine rings is 1. The maximum absolute atomic E-state index is 12.6. The van der Waals surface area contributed by atoms with E-state index < -0.39 is 15.7 Å². The molecule has 0 aliphatic carbocycles. The van der Waals surface area contributed by atoms with Crippen LogP contribution in [-0.4, -0.2) is 86.8 Å². The van der Waals surface area contributed by atoms with Crippen molar-refractivity contribution in [2.45, 2.75) is 30.2 Å². The monoisotopic (exact) mass is 501 g/mol. The number of carbonyl (C=O) groups is 2. The zero-order valence-corrected chi connectivity index (χ0v) is 20.6. The van der Waals surface area contributed by atoms with Crippen molar-refractivity contribution in [1.82, 2.24) is 25.5 Å². The van der Waals surface area contributed by atoms with E-state index in [1.807, 2.05) is 4.90 Å². The van der Waals surface area contributed by atoms with E-state index in [1.54, 1.807) is 12.1 Å². The number of piperidine rings is 1. The van der Waals surface area contributed by atoms with Gasteiger partial charge >= 0.3 is 6.03 Å². The second-order valence-corrected chi connectivity index (χ2v) is 11.0. The standard InChI is InChI=1S/C23H31N7O4S/c1-35(33,34)18-6-4-16(5-7-18)13-19-21(22(24)31)26-14-20(28-19)30-10-2-3-17(15-30)27-23(32)29-11-8-25-9-12-29/h4-7,14,17,25H,2-3,8-13,15H2,1H3,(H2,24,31)(H,27,32). The van der Waals surface area contributed by atoms with E-state index in [0.717, 1.165) is 44.3 Å². The highest BCUT2D eigenvalue weighted by molar-refractivity contribution is 7.90. The summed E-state index contributed by atoms with van der Waals surface area (Å²) in [6.07, 6.45) is 4.73. The van der Waals surface area contributed by atoms with Gasteiger partial charge in [-0.15, -0.1) is 0 Å². The van der Waals surface area contributed by atoms with Crippen molar-refractivity contribution >= 4 is 27.6 Å². The van der Waals surface area contributed by atoms with E-state index in [4.69, 9.17) is 10.7 Å². The number of carbonyl (C=O) groups excluding carboxylic acids is 2. The smallest absolute Gasteiger partial charge is 0.317 e. The average Bonchev–Trinajstić information content (AvgIpc) is 2.84. The molecule has 12 heteroatoms. The Kier molecular flexibility index (Phi) is 7.51. The molecule has 2 aliphatic heterocycles. The summed E-state index contributed by atoms with van der Waals surface area (Å²) in [6, 6.07) is 6.38. The van der Waals surface area contributed by atoms with Gasteiger partial charge < -0.3 is 26.2 Å². The van der Waals surface area contributed by atoms with Crippen molar-refractivity contribution in [3.8, 4) is 0 Å². The molecule has 35 heavy (non-hydrogen) atoms. The van der Waals surface area contributed by atoms with Gasteiger partial charge in [-0.2, -0.15) is 0 Å². The van der Waals surface area contributed by atoms with Gasteiger partial charge in [0.05, 0.1) is 16.8 Å². The molecule has 1 unspecified atom stereocenters. The summed E-state index contributed by atoms with van der Waals surface area (Å²) in [5, 5.41) is 6.38. The minimum absolute atomic E-state index is 0.0178.